The van der Waals surface area contributed by atoms with Gasteiger partial charge in [-0.1, -0.05) is 252 Å². The van der Waals surface area contributed by atoms with E-state index in [9.17, 15) is 0 Å². The lowest BCUT2D eigenvalue weighted by molar-refractivity contribution is 0.765. The van der Waals surface area contributed by atoms with Crippen LogP contribution in [-0.4, -0.2) is 0 Å². The van der Waals surface area contributed by atoms with Crippen molar-refractivity contribution in [1.82, 2.24) is 0 Å². The van der Waals surface area contributed by atoms with Crippen molar-refractivity contribution in [3.05, 3.63) is 326 Å². The van der Waals surface area contributed by atoms with E-state index in [0.29, 0.717) is 0 Å². The second kappa shape index (κ2) is 18.8. The molecular weight excluding hydrogens is 875 g/mol. The molecule has 2 aliphatic carbocycles. The average Bonchev–Trinajstić information content (AvgIpc) is 3.84. The fourth-order valence-corrected chi connectivity index (χ4v) is 11.2. The first-order valence-corrected chi connectivity index (χ1v) is 23.9. The van der Waals surface area contributed by atoms with Gasteiger partial charge in [-0.3, -0.25) is 0 Å². The minimum atomic E-state index is -0.327. The highest BCUT2D eigenvalue weighted by molar-refractivity contribution is 9.10. The maximum Gasteiger partial charge on any atom is 0.0713 e. The van der Waals surface area contributed by atoms with E-state index < -0.39 is 0 Å². The Morgan fingerprint density at radius 3 is 1.19 bits per heavy atom. The number of nitrogens with two attached hydrogens (primary N) is 1. The molecule has 0 saturated carbocycles. The molecule has 10 aromatic carbocycles. The van der Waals surface area contributed by atoms with E-state index in [1.165, 1.54) is 89.0 Å². The Kier molecular flexibility index (Phi) is 12.1. The van der Waals surface area contributed by atoms with Crippen LogP contribution in [0.5, 0.6) is 0 Å². The molecule has 2 heteroatoms. The summed E-state index contributed by atoms with van der Waals surface area (Å²) in [4.78, 5) is 0. The zero-order valence-electron chi connectivity index (χ0n) is 37.9. The van der Waals surface area contributed by atoms with Crippen molar-refractivity contribution >= 4 is 21.6 Å². The molecule has 0 aliphatic heterocycles. The quantitative estimate of drug-likeness (QED) is 0.165. The lowest BCUT2D eigenvalue weighted by Crippen LogP contribution is -2.28. The summed E-state index contributed by atoms with van der Waals surface area (Å²) in [5, 5.41) is 0. The fraction of sp³-hybridized carbons (Fsp3) is 0.0769. The lowest BCUT2D eigenvalue weighted by Gasteiger charge is -2.34. The summed E-state index contributed by atoms with van der Waals surface area (Å²) in [7, 11) is 0. The van der Waals surface area contributed by atoms with Crippen LogP contribution in [0.1, 0.15) is 66.8 Å². The number of anilines is 1. The Bertz CT molecular complexity index is 3210. The van der Waals surface area contributed by atoms with Crippen LogP contribution < -0.4 is 5.73 Å². The largest absolute Gasteiger partial charge is 0.399 e. The van der Waals surface area contributed by atoms with Crippen molar-refractivity contribution in [2.45, 2.75) is 31.1 Å². The number of fused-ring (bicyclic) bond motifs is 6. The lowest BCUT2D eigenvalue weighted by atomic mass is 9.67. The summed E-state index contributed by atoms with van der Waals surface area (Å²) >= 11 is 3.69. The molecule has 67 heavy (non-hydrogen) atoms. The minimum Gasteiger partial charge on any atom is -0.399 e. The molecule has 0 bridgehead atoms. The third-order valence-corrected chi connectivity index (χ3v) is 13.9. The van der Waals surface area contributed by atoms with E-state index in [4.69, 9.17) is 5.73 Å². The zero-order valence-corrected chi connectivity index (χ0v) is 39.5. The average molecular weight is 927 g/mol. The number of halogens is 1. The van der Waals surface area contributed by atoms with Crippen LogP contribution >= 0.6 is 15.9 Å². The van der Waals surface area contributed by atoms with E-state index in [1.54, 1.807) is 0 Å². The standard InChI is InChI=1S/C33H26.C25H17Br.C7H9N/c1-24-20-26(22-25-12-4-2-5-13-25)23-28(21-24)33(27-14-6-3-7-15-27)31-18-10-8-16-29(31)30-17-9-11-19-32(30)33;26-20-12-8-11-19(17-20)25(18-9-2-1-3-10-18)23-15-6-4-13-21(23)22-14-5-7-16-24(22)25;1-6-3-2-4-7(8)5-6/h2-21,23H,22H2,1H3;1-17H;2-5H,8H2,1H3. The predicted octanol–water partition coefficient (Wildman–Crippen LogP) is 16.3. The molecular formula is C65H52BrN. The van der Waals surface area contributed by atoms with Gasteiger partial charge in [-0.25, -0.2) is 0 Å². The van der Waals surface area contributed by atoms with Gasteiger partial charge in [0.2, 0.25) is 0 Å². The molecule has 0 spiro atoms. The number of aryl methyl sites for hydroxylation is 2. The van der Waals surface area contributed by atoms with Crippen molar-refractivity contribution < 1.29 is 0 Å². The number of rotatable bonds is 6. The van der Waals surface area contributed by atoms with Crippen LogP contribution in [0.3, 0.4) is 0 Å². The van der Waals surface area contributed by atoms with E-state index in [-0.39, 0.29) is 10.8 Å². The van der Waals surface area contributed by atoms with E-state index >= 15 is 0 Å². The number of hydrogen-bond acceptors (Lipinski definition) is 1. The SMILES string of the molecule is Brc1cccc(C2(c3ccccc3)c3ccccc3-c3ccccc32)c1.Cc1cc(Cc2ccccc2)cc(C2(c3ccccc3)c3ccccc3-c3ccccc32)c1.Cc1cccc(N)c1. The molecule has 0 aromatic heterocycles. The highest BCUT2D eigenvalue weighted by Crippen LogP contribution is 2.57. The first-order valence-electron chi connectivity index (χ1n) is 23.1. The topological polar surface area (TPSA) is 26.0 Å². The monoisotopic (exact) mass is 925 g/mol. The molecule has 0 fully saturated rings. The molecule has 324 valence electrons. The van der Waals surface area contributed by atoms with Crippen LogP contribution in [0.15, 0.2) is 259 Å². The van der Waals surface area contributed by atoms with Gasteiger partial charge in [-0.05, 0) is 128 Å². The molecule has 0 atom stereocenters. The van der Waals surface area contributed by atoms with Crippen molar-refractivity contribution in [3.63, 3.8) is 0 Å². The van der Waals surface area contributed by atoms with Gasteiger partial charge in [0.25, 0.3) is 0 Å². The molecule has 12 rings (SSSR count). The number of nitrogen functional groups attached to an aromatic ring is 1. The maximum atomic E-state index is 5.46. The number of benzene rings is 10. The van der Waals surface area contributed by atoms with Crippen LogP contribution in [0.2, 0.25) is 0 Å². The Balaban J connectivity index is 0.000000137. The minimum absolute atomic E-state index is 0.293. The smallest absolute Gasteiger partial charge is 0.0713 e. The normalized spacial score (nSPS) is 13.1. The van der Waals surface area contributed by atoms with Gasteiger partial charge >= 0.3 is 0 Å². The Hall–Kier alpha value is -7.52. The first kappa shape index (κ1) is 43.4. The van der Waals surface area contributed by atoms with E-state index in [2.05, 4.69) is 253 Å². The van der Waals surface area contributed by atoms with Crippen LogP contribution in [-0.2, 0) is 17.3 Å². The fourth-order valence-electron chi connectivity index (χ4n) is 10.8. The van der Waals surface area contributed by atoms with Gasteiger partial charge in [-0.15, -0.1) is 0 Å². The summed E-state index contributed by atoms with van der Waals surface area (Å²) in [5.74, 6) is 0. The van der Waals surface area contributed by atoms with E-state index in [0.717, 1.165) is 16.6 Å². The number of hydrogen-bond donors (Lipinski definition) is 1. The predicted molar refractivity (Wildman–Crippen MR) is 285 cm³/mol. The summed E-state index contributed by atoms with van der Waals surface area (Å²) in [6, 6.07) is 91.9. The van der Waals surface area contributed by atoms with Gasteiger partial charge in [0, 0.05) is 10.2 Å². The van der Waals surface area contributed by atoms with Gasteiger partial charge in [0.1, 0.15) is 0 Å². The zero-order chi connectivity index (χ0) is 45.8. The van der Waals surface area contributed by atoms with Gasteiger partial charge < -0.3 is 5.73 Å². The molecule has 0 saturated heterocycles. The molecule has 2 N–H and O–H groups in total. The third kappa shape index (κ3) is 8.02. The van der Waals surface area contributed by atoms with Crippen molar-refractivity contribution in [1.29, 1.82) is 0 Å². The molecule has 2 aliphatic rings. The summed E-state index contributed by atoms with van der Waals surface area (Å²) in [6.07, 6.45) is 0.934. The molecule has 0 amide bonds. The molecule has 0 heterocycles. The summed E-state index contributed by atoms with van der Waals surface area (Å²) in [5.41, 5.74) is 26.9. The van der Waals surface area contributed by atoms with Crippen LogP contribution in [0.25, 0.3) is 22.3 Å². The molecule has 10 aromatic rings. The van der Waals surface area contributed by atoms with Gasteiger partial charge in [0.05, 0.1) is 10.8 Å². The van der Waals surface area contributed by atoms with Crippen molar-refractivity contribution in [3.8, 4) is 22.3 Å². The second-order valence-electron chi connectivity index (χ2n) is 17.7. The third-order valence-electron chi connectivity index (χ3n) is 13.4. The Morgan fingerprint density at radius 2 is 0.746 bits per heavy atom. The van der Waals surface area contributed by atoms with Crippen LogP contribution in [0, 0.1) is 13.8 Å². The molecule has 0 radical (unpaired) electrons. The Morgan fingerprint density at radius 1 is 0.328 bits per heavy atom. The van der Waals surface area contributed by atoms with Crippen molar-refractivity contribution in [2.24, 2.45) is 0 Å². The van der Waals surface area contributed by atoms with Gasteiger partial charge in [-0.2, -0.15) is 0 Å². The highest BCUT2D eigenvalue weighted by Gasteiger charge is 2.47. The summed E-state index contributed by atoms with van der Waals surface area (Å²) in [6.45, 7) is 4.25. The molecule has 0 unspecified atom stereocenters. The molecule has 1 nitrogen and oxygen atoms in total. The van der Waals surface area contributed by atoms with Crippen molar-refractivity contribution in [2.75, 3.05) is 5.73 Å². The first-order chi connectivity index (χ1) is 32.9. The highest BCUT2D eigenvalue weighted by atomic mass is 79.9. The van der Waals surface area contributed by atoms with E-state index in [1.807, 2.05) is 31.2 Å². The maximum absolute atomic E-state index is 5.46. The van der Waals surface area contributed by atoms with Gasteiger partial charge in [0.15, 0.2) is 0 Å². The van der Waals surface area contributed by atoms with Crippen LogP contribution in [0.4, 0.5) is 5.69 Å². The summed E-state index contributed by atoms with van der Waals surface area (Å²) < 4.78 is 1.10. The Labute approximate surface area is 404 Å². The second-order valence-corrected chi connectivity index (χ2v) is 18.6.